The van der Waals surface area contributed by atoms with Gasteiger partial charge in [0.2, 0.25) is 0 Å². The normalized spacial score (nSPS) is 32.0. The van der Waals surface area contributed by atoms with E-state index in [1.165, 1.54) is 167 Å². The standard InChI is InChI=1S/C45H74O2/c1-3-5-7-11-17-37-21-25-40(26-22-37)44(33-29-42(30-34-44)47-36-46)35-43(39-19-13-9-14-20-39)45(31-15-10-16-32-45)41-27-23-38(24-28-41)18-12-8-6-4-2/h9,13-14,19-20,36-38,40-43H,3-8,10-12,15-18,21-35H2,1-2H3. The molecule has 0 spiro atoms. The fourth-order valence-corrected chi connectivity index (χ4v) is 12.0. The number of hydrogen-bond donors (Lipinski definition) is 0. The average Bonchev–Trinajstić information content (AvgIpc) is 3.13. The van der Waals surface area contributed by atoms with Gasteiger partial charge in [-0.2, -0.15) is 0 Å². The summed E-state index contributed by atoms with van der Waals surface area (Å²) in [4.78, 5) is 11.4. The van der Waals surface area contributed by atoms with Crippen LogP contribution in [0.2, 0.25) is 0 Å². The Kier molecular flexibility index (Phi) is 15.1. The van der Waals surface area contributed by atoms with Gasteiger partial charge in [0, 0.05) is 0 Å². The molecule has 0 N–H and O–H groups in total. The minimum absolute atomic E-state index is 0.141. The zero-order valence-electron chi connectivity index (χ0n) is 31.0. The van der Waals surface area contributed by atoms with Crippen LogP contribution in [-0.4, -0.2) is 12.6 Å². The first-order chi connectivity index (χ1) is 23.1. The Bertz CT molecular complexity index is 970. The lowest BCUT2D eigenvalue weighted by molar-refractivity contribution is -0.137. The number of unbranched alkanes of at least 4 members (excludes halogenated alkanes) is 6. The summed E-state index contributed by atoms with van der Waals surface area (Å²) in [5, 5.41) is 0. The smallest absolute Gasteiger partial charge is 0.293 e. The zero-order chi connectivity index (χ0) is 32.8. The highest BCUT2D eigenvalue weighted by atomic mass is 16.5. The third-order valence-corrected chi connectivity index (χ3v) is 14.8. The summed E-state index contributed by atoms with van der Waals surface area (Å²) in [6.07, 6.45) is 39.4. The van der Waals surface area contributed by atoms with Crippen LogP contribution >= 0.6 is 0 Å². The molecule has 5 rings (SSSR count). The summed E-state index contributed by atoms with van der Waals surface area (Å²) in [5.41, 5.74) is 2.52. The van der Waals surface area contributed by atoms with Crippen molar-refractivity contribution >= 4 is 6.47 Å². The summed E-state index contributed by atoms with van der Waals surface area (Å²) in [5.74, 6) is 4.35. The van der Waals surface area contributed by atoms with E-state index in [1.54, 1.807) is 5.56 Å². The van der Waals surface area contributed by atoms with Crippen LogP contribution in [0.5, 0.6) is 0 Å². The van der Waals surface area contributed by atoms with Crippen molar-refractivity contribution in [3.05, 3.63) is 35.9 Å². The highest BCUT2D eigenvalue weighted by molar-refractivity contribution is 5.37. The molecular formula is C45H74O2. The third kappa shape index (κ3) is 9.90. The van der Waals surface area contributed by atoms with Gasteiger partial charge in [-0.3, -0.25) is 4.79 Å². The van der Waals surface area contributed by atoms with Gasteiger partial charge < -0.3 is 4.74 Å². The molecule has 1 aromatic rings. The highest BCUT2D eigenvalue weighted by Crippen LogP contribution is 2.63. The summed E-state index contributed by atoms with van der Waals surface area (Å²) in [6.45, 7) is 5.40. The molecule has 1 aromatic carbocycles. The second kappa shape index (κ2) is 19.2. The van der Waals surface area contributed by atoms with Gasteiger partial charge in [-0.15, -0.1) is 0 Å². The molecule has 1 atom stereocenters. The van der Waals surface area contributed by atoms with Crippen LogP contribution in [0.25, 0.3) is 0 Å². The lowest BCUT2D eigenvalue weighted by atomic mass is 9.49. The molecular weight excluding hydrogens is 572 g/mol. The molecule has 0 saturated heterocycles. The molecule has 0 bridgehead atoms. The first kappa shape index (κ1) is 37.0. The lowest BCUT2D eigenvalue weighted by Crippen LogP contribution is -2.46. The van der Waals surface area contributed by atoms with E-state index in [9.17, 15) is 4.79 Å². The van der Waals surface area contributed by atoms with E-state index in [0.717, 1.165) is 43.0 Å². The first-order valence-corrected chi connectivity index (χ1v) is 21.3. The van der Waals surface area contributed by atoms with Gasteiger partial charge >= 0.3 is 0 Å². The Morgan fingerprint density at radius 3 is 1.74 bits per heavy atom. The largest absolute Gasteiger partial charge is 0.465 e. The minimum atomic E-state index is 0.141. The molecule has 4 saturated carbocycles. The maximum absolute atomic E-state index is 11.4. The highest BCUT2D eigenvalue weighted by Gasteiger charge is 2.52. The second-order valence-electron chi connectivity index (χ2n) is 17.4. The topological polar surface area (TPSA) is 26.3 Å². The molecule has 0 amide bonds. The number of carbonyl (C=O) groups is 1. The number of rotatable bonds is 18. The van der Waals surface area contributed by atoms with E-state index in [0.29, 0.717) is 16.7 Å². The molecule has 2 heteroatoms. The number of ether oxygens (including phenoxy) is 1. The molecule has 4 aliphatic rings. The first-order valence-electron chi connectivity index (χ1n) is 21.3. The fraction of sp³-hybridized carbons (Fsp3) is 0.844. The Hall–Kier alpha value is -1.31. The van der Waals surface area contributed by atoms with Crippen LogP contribution in [0.3, 0.4) is 0 Å². The molecule has 0 aliphatic heterocycles. The summed E-state index contributed by atoms with van der Waals surface area (Å²) < 4.78 is 5.64. The van der Waals surface area contributed by atoms with E-state index in [2.05, 4.69) is 44.2 Å². The Morgan fingerprint density at radius 2 is 1.21 bits per heavy atom. The molecule has 0 heterocycles. The van der Waals surface area contributed by atoms with Crippen LogP contribution in [0.15, 0.2) is 30.3 Å². The average molecular weight is 647 g/mol. The second-order valence-corrected chi connectivity index (χ2v) is 17.4. The van der Waals surface area contributed by atoms with Crippen LogP contribution < -0.4 is 0 Å². The number of hydrogen-bond acceptors (Lipinski definition) is 2. The zero-order valence-corrected chi connectivity index (χ0v) is 31.0. The summed E-state index contributed by atoms with van der Waals surface area (Å²) in [6, 6.07) is 12.0. The van der Waals surface area contributed by atoms with Gasteiger partial charge in [0.1, 0.15) is 6.10 Å². The van der Waals surface area contributed by atoms with E-state index in [-0.39, 0.29) is 6.10 Å². The molecule has 47 heavy (non-hydrogen) atoms. The maximum Gasteiger partial charge on any atom is 0.293 e. The lowest BCUT2D eigenvalue weighted by Gasteiger charge is -2.56. The van der Waals surface area contributed by atoms with Gasteiger partial charge in [-0.1, -0.05) is 153 Å². The van der Waals surface area contributed by atoms with E-state index >= 15 is 0 Å². The fourth-order valence-electron chi connectivity index (χ4n) is 12.0. The van der Waals surface area contributed by atoms with Crippen LogP contribution in [0, 0.1) is 34.5 Å². The molecule has 0 aromatic heterocycles. The molecule has 2 nitrogen and oxygen atoms in total. The van der Waals surface area contributed by atoms with E-state index in [4.69, 9.17) is 4.74 Å². The van der Waals surface area contributed by atoms with Crippen molar-refractivity contribution in [1.82, 2.24) is 0 Å². The van der Waals surface area contributed by atoms with Crippen molar-refractivity contribution in [1.29, 1.82) is 0 Å². The van der Waals surface area contributed by atoms with Gasteiger partial charge in [-0.25, -0.2) is 0 Å². The van der Waals surface area contributed by atoms with Crippen LogP contribution in [-0.2, 0) is 9.53 Å². The SMILES string of the molecule is CCCCCCC1CCC(C2(CC(c3ccccc3)C3(C4CCC(CCCCCC)CC4)CCCCC3)CCC(OC=O)CC2)CC1. The molecule has 4 aliphatic carbocycles. The molecule has 4 fully saturated rings. The van der Waals surface area contributed by atoms with Crippen molar-refractivity contribution in [2.24, 2.45) is 34.5 Å². The van der Waals surface area contributed by atoms with Gasteiger partial charge in [0.15, 0.2) is 0 Å². The predicted octanol–water partition coefficient (Wildman–Crippen LogP) is 13.8. The number of carbonyl (C=O) groups excluding carboxylic acids is 1. The Balaban J connectivity index is 1.37. The van der Waals surface area contributed by atoms with E-state index in [1.807, 2.05) is 0 Å². The maximum atomic E-state index is 11.4. The molecule has 0 radical (unpaired) electrons. The van der Waals surface area contributed by atoms with Crippen molar-refractivity contribution in [2.45, 2.75) is 206 Å². The van der Waals surface area contributed by atoms with Gasteiger partial charge in [0.05, 0.1) is 0 Å². The van der Waals surface area contributed by atoms with Crippen LogP contribution in [0.1, 0.15) is 205 Å². The summed E-state index contributed by atoms with van der Waals surface area (Å²) >= 11 is 0. The van der Waals surface area contributed by atoms with Crippen molar-refractivity contribution in [3.8, 4) is 0 Å². The van der Waals surface area contributed by atoms with Crippen molar-refractivity contribution in [2.75, 3.05) is 0 Å². The quantitative estimate of drug-likeness (QED) is 0.117. The van der Waals surface area contributed by atoms with Crippen molar-refractivity contribution < 1.29 is 9.53 Å². The Labute approximate surface area is 291 Å². The van der Waals surface area contributed by atoms with Crippen LogP contribution in [0.4, 0.5) is 0 Å². The summed E-state index contributed by atoms with van der Waals surface area (Å²) in [7, 11) is 0. The van der Waals surface area contributed by atoms with E-state index < -0.39 is 0 Å². The molecule has 1 unspecified atom stereocenters. The van der Waals surface area contributed by atoms with Gasteiger partial charge in [0.25, 0.3) is 6.47 Å². The predicted molar refractivity (Wildman–Crippen MR) is 200 cm³/mol. The van der Waals surface area contributed by atoms with Gasteiger partial charge in [-0.05, 0) is 117 Å². The number of benzene rings is 1. The Morgan fingerprint density at radius 1 is 0.660 bits per heavy atom. The monoisotopic (exact) mass is 647 g/mol. The third-order valence-electron chi connectivity index (χ3n) is 14.8. The van der Waals surface area contributed by atoms with Crippen molar-refractivity contribution in [3.63, 3.8) is 0 Å². The minimum Gasteiger partial charge on any atom is -0.465 e. The molecule has 266 valence electrons.